The van der Waals surface area contributed by atoms with Crippen LogP contribution >= 0.6 is 0 Å². The van der Waals surface area contributed by atoms with E-state index in [-0.39, 0.29) is 5.75 Å². The third-order valence-electron chi connectivity index (χ3n) is 4.37. The maximum absolute atomic E-state index is 12.5. The van der Waals surface area contributed by atoms with Gasteiger partial charge in [-0.15, -0.1) is 13.2 Å². The Morgan fingerprint density at radius 2 is 1.80 bits per heavy atom. The highest BCUT2D eigenvalue weighted by atomic mass is 19.4. The maximum Gasteiger partial charge on any atom is 0.573 e. The van der Waals surface area contributed by atoms with Crippen molar-refractivity contribution in [2.24, 2.45) is 0 Å². The number of alkyl halides is 3. The number of nitrogens with zero attached hydrogens (tertiary/aromatic N) is 3. The summed E-state index contributed by atoms with van der Waals surface area (Å²) in [6.07, 6.45) is -4.68. The number of piperazine rings is 1. The Balaban J connectivity index is 1.63. The standard InChI is InChI=1S/C17H21F3N4O/c1-12-16(13(2)22-21-12)24-9-7-23(8-10-24)11-14-5-3-4-6-15(14)25-17(18,19)20/h3-6H,7-11H2,1-2H3,(H,21,22). The number of H-pyrrole nitrogens is 1. The van der Waals surface area contributed by atoms with E-state index >= 15 is 0 Å². The Labute approximate surface area is 144 Å². The predicted molar refractivity (Wildman–Crippen MR) is 88.7 cm³/mol. The highest BCUT2D eigenvalue weighted by Crippen LogP contribution is 2.28. The molecule has 3 rings (SSSR count). The van der Waals surface area contributed by atoms with Crippen LogP contribution in [0.4, 0.5) is 18.9 Å². The number of aryl methyl sites for hydroxylation is 2. The number of rotatable bonds is 4. The van der Waals surface area contributed by atoms with E-state index in [1.54, 1.807) is 18.2 Å². The smallest absolute Gasteiger partial charge is 0.405 e. The summed E-state index contributed by atoms with van der Waals surface area (Å²) < 4.78 is 41.7. The first-order valence-electron chi connectivity index (χ1n) is 8.16. The Bertz CT molecular complexity index is 701. The van der Waals surface area contributed by atoms with E-state index in [1.165, 1.54) is 6.07 Å². The van der Waals surface area contributed by atoms with Crippen LogP contribution in [-0.4, -0.2) is 47.6 Å². The number of aromatic amines is 1. The van der Waals surface area contributed by atoms with Crippen molar-refractivity contribution >= 4 is 5.69 Å². The van der Waals surface area contributed by atoms with Crippen molar-refractivity contribution in [3.8, 4) is 5.75 Å². The van der Waals surface area contributed by atoms with Crippen LogP contribution in [0.3, 0.4) is 0 Å². The largest absolute Gasteiger partial charge is 0.573 e. The normalized spacial score (nSPS) is 16.3. The molecule has 0 radical (unpaired) electrons. The van der Waals surface area contributed by atoms with Crippen LogP contribution in [0, 0.1) is 13.8 Å². The van der Waals surface area contributed by atoms with Gasteiger partial charge in [0, 0.05) is 38.3 Å². The zero-order valence-corrected chi connectivity index (χ0v) is 14.2. The molecule has 1 saturated heterocycles. The molecule has 1 fully saturated rings. The highest BCUT2D eigenvalue weighted by molar-refractivity contribution is 5.54. The van der Waals surface area contributed by atoms with Crippen LogP contribution in [0.2, 0.25) is 0 Å². The van der Waals surface area contributed by atoms with Crippen molar-refractivity contribution < 1.29 is 17.9 Å². The molecule has 5 nitrogen and oxygen atoms in total. The van der Waals surface area contributed by atoms with Crippen LogP contribution in [-0.2, 0) is 6.54 Å². The lowest BCUT2D eigenvalue weighted by Crippen LogP contribution is -2.46. The van der Waals surface area contributed by atoms with Gasteiger partial charge in [0.1, 0.15) is 5.75 Å². The molecule has 1 aliphatic rings. The van der Waals surface area contributed by atoms with Gasteiger partial charge < -0.3 is 9.64 Å². The van der Waals surface area contributed by atoms with E-state index < -0.39 is 6.36 Å². The molecule has 2 aromatic rings. The summed E-state index contributed by atoms with van der Waals surface area (Å²) >= 11 is 0. The van der Waals surface area contributed by atoms with Crippen molar-refractivity contribution in [2.75, 3.05) is 31.1 Å². The molecular formula is C17H21F3N4O. The molecule has 0 saturated carbocycles. The summed E-state index contributed by atoms with van der Waals surface area (Å²) in [7, 11) is 0. The predicted octanol–water partition coefficient (Wildman–Crippen LogP) is 3.25. The lowest BCUT2D eigenvalue weighted by Gasteiger charge is -2.36. The molecule has 0 aliphatic carbocycles. The van der Waals surface area contributed by atoms with Crippen LogP contribution in [0.25, 0.3) is 0 Å². The van der Waals surface area contributed by atoms with Gasteiger partial charge in [-0.2, -0.15) is 5.10 Å². The lowest BCUT2D eigenvalue weighted by molar-refractivity contribution is -0.275. The Morgan fingerprint density at radius 1 is 1.12 bits per heavy atom. The summed E-state index contributed by atoms with van der Waals surface area (Å²) in [5, 5.41) is 7.21. The SMILES string of the molecule is Cc1n[nH]c(C)c1N1CCN(Cc2ccccc2OC(F)(F)F)CC1. The Kier molecular flexibility index (Phi) is 4.89. The van der Waals surface area contributed by atoms with E-state index in [1.807, 2.05) is 13.8 Å². The Morgan fingerprint density at radius 3 is 2.40 bits per heavy atom. The van der Waals surface area contributed by atoms with Crippen molar-refractivity contribution in [1.82, 2.24) is 15.1 Å². The fourth-order valence-electron chi connectivity index (χ4n) is 3.24. The molecule has 0 atom stereocenters. The molecule has 0 unspecified atom stereocenters. The minimum Gasteiger partial charge on any atom is -0.405 e. The van der Waals surface area contributed by atoms with Gasteiger partial charge in [-0.25, -0.2) is 0 Å². The summed E-state index contributed by atoms with van der Waals surface area (Å²) in [5.74, 6) is -0.126. The van der Waals surface area contributed by atoms with E-state index in [2.05, 4.69) is 24.7 Å². The van der Waals surface area contributed by atoms with Crippen LogP contribution in [0.15, 0.2) is 24.3 Å². The third-order valence-corrected chi connectivity index (χ3v) is 4.37. The summed E-state index contributed by atoms with van der Waals surface area (Å²) in [6, 6.07) is 6.31. The second-order valence-corrected chi connectivity index (χ2v) is 6.20. The number of aromatic nitrogens is 2. The minimum absolute atomic E-state index is 0.126. The number of ether oxygens (including phenoxy) is 1. The topological polar surface area (TPSA) is 44.4 Å². The average Bonchev–Trinajstić information content (AvgIpc) is 2.88. The maximum atomic E-state index is 12.5. The summed E-state index contributed by atoms with van der Waals surface area (Å²) in [5.41, 5.74) is 3.68. The summed E-state index contributed by atoms with van der Waals surface area (Å²) in [6.45, 7) is 7.55. The number of para-hydroxylation sites is 1. The molecule has 0 spiro atoms. The number of anilines is 1. The molecule has 0 amide bonds. The van der Waals surface area contributed by atoms with Crippen molar-refractivity contribution in [3.05, 3.63) is 41.2 Å². The number of hydrogen-bond acceptors (Lipinski definition) is 4. The van der Waals surface area contributed by atoms with Crippen molar-refractivity contribution in [2.45, 2.75) is 26.8 Å². The van der Waals surface area contributed by atoms with E-state index in [0.717, 1.165) is 43.3 Å². The van der Waals surface area contributed by atoms with Gasteiger partial charge in [0.05, 0.1) is 17.1 Å². The van der Waals surface area contributed by atoms with Gasteiger partial charge in [0.2, 0.25) is 0 Å². The molecular weight excluding hydrogens is 333 g/mol. The molecule has 1 aromatic carbocycles. The van der Waals surface area contributed by atoms with E-state index in [0.29, 0.717) is 12.1 Å². The van der Waals surface area contributed by atoms with Crippen LogP contribution < -0.4 is 9.64 Å². The molecule has 1 aliphatic heterocycles. The quantitative estimate of drug-likeness (QED) is 0.916. The van der Waals surface area contributed by atoms with Crippen molar-refractivity contribution in [1.29, 1.82) is 0 Å². The number of nitrogens with one attached hydrogen (secondary N) is 1. The number of benzene rings is 1. The van der Waals surface area contributed by atoms with Crippen LogP contribution in [0.1, 0.15) is 17.0 Å². The minimum atomic E-state index is -4.68. The first-order chi connectivity index (χ1) is 11.8. The second kappa shape index (κ2) is 6.95. The molecule has 0 bridgehead atoms. The van der Waals surface area contributed by atoms with Gasteiger partial charge in [-0.05, 0) is 19.9 Å². The molecule has 25 heavy (non-hydrogen) atoms. The molecule has 136 valence electrons. The summed E-state index contributed by atoms with van der Waals surface area (Å²) in [4.78, 5) is 4.41. The van der Waals surface area contributed by atoms with Gasteiger partial charge >= 0.3 is 6.36 Å². The lowest BCUT2D eigenvalue weighted by atomic mass is 10.1. The van der Waals surface area contributed by atoms with Gasteiger partial charge in [0.25, 0.3) is 0 Å². The number of halogens is 3. The van der Waals surface area contributed by atoms with Crippen molar-refractivity contribution in [3.63, 3.8) is 0 Å². The zero-order valence-electron chi connectivity index (χ0n) is 14.2. The monoisotopic (exact) mass is 354 g/mol. The first kappa shape index (κ1) is 17.6. The Hall–Kier alpha value is -2.22. The second-order valence-electron chi connectivity index (χ2n) is 6.20. The van der Waals surface area contributed by atoms with Gasteiger partial charge in [-0.1, -0.05) is 18.2 Å². The fourth-order valence-corrected chi connectivity index (χ4v) is 3.24. The number of hydrogen-bond donors (Lipinski definition) is 1. The van der Waals surface area contributed by atoms with Gasteiger partial charge in [-0.3, -0.25) is 10.00 Å². The third kappa shape index (κ3) is 4.25. The fraction of sp³-hybridized carbons (Fsp3) is 0.471. The van der Waals surface area contributed by atoms with E-state index in [4.69, 9.17) is 0 Å². The zero-order chi connectivity index (χ0) is 18.0. The molecule has 2 heterocycles. The highest BCUT2D eigenvalue weighted by Gasteiger charge is 2.32. The molecule has 1 N–H and O–H groups in total. The molecule has 1 aromatic heterocycles. The van der Waals surface area contributed by atoms with Crippen LogP contribution in [0.5, 0.6) is 5.75 Å². The average molecular weight is 354 g/mol. The molecule has 8 heteroatoms. The van der Waals surface area contributed by atoms with Gasteiger partial charge in [0.15, 0.2) is 0 Å². The van der Waals surface area contributed by atoms with E-state index in [9.17, 15) is 13.2 Å². The first-order valence-corrected chi connectivity index (χ1v) is 8.16.